The fourth-order valence-corrected chi connectivity index (χ4v) is 2.92. The summed E-state index contributed by atoms with van der Waals surface area (Å²) in [6, 6.07) is 8.52. The van der Waals surface area contributed by atoms with Gasteiger partial charge in [0.15, 0.2) is 0 Å². The highest BCUT2D eigenvalue weighted by Gasteiger charge is 2.05. The van der Waals surface area contributed by atoms with Crippen LogP contribution in [0, 0.1) is 0 Å². The minimum absolute atomic E-state index is 1.10. The van der Waals surface area contributed by atoms with Crippen molar-refractivity contribution in [1.29, 1.82) is 0 Å². The van der Waals surface area contributed by atoms with E-state index in [0.29, 0.717) is 0 Å². The van der Waals surface area contributed by atoms with Crippen LogP contribution in [-0.2, 0) is 0 Å². The first kappa shape index (κ1) is 10.8. The molecule has 0 radical (unpaired) electrons. The van der Waals surface area contributed by atoms with Crippen LogP contribution in [0.5, 0.6) is 0 Å². The molecule has 78 valence electrons. The molecule has 1 heterocycles. The standard InChI is InChI=1S/C12H13NS2/c1-3-15-10-6-7-11(14-2)12-9(10)5-4-8-13-12/h4-8H,3H2,1-2H3. The van der Waals surface area contributed by atoms with E-state index in [0.717, 1.165) is 11.3 Å². The fourth-order valence-electron chi connectivity index (χ4n) is 1.57. The number of fused-ring (bicyclic) bond motifs is 1. The van der Waals surface area contributed by atoms with Gasteiger partial charge < -0.3 is 0 Å². The Bertz CT molecular complexity index is 468. The minimum atomic E-state index is 1.10. The van der Waals surface area contributed by atoms with E-state index in [9.17, 15) is 0 Å². The maximum atomic E-state index is 4.46. The summed E-state index contributed by atoms with van der Waals surface area (Å²) < 4.78 is 0. The van der Waals surface area contributed by atoms with Crippen LogP contribution in [0.1, 0.15) is 6.92 Å². The summed E-state index contributed by atoms with van der Waals surface area (Å²) in [5, 5.41) is 1.27. The van der Waals surface area contributed by atoms with Crippen molar-refractivity contribution in [2.24, 2.45) is 0 Å². The van der Waals surface area contributed by atoms with Crippen molar-refractivity contribution in [3.05, 3.63) is 30.5 Å². The SMILES string of the molecule is CCSc1ccc(SC)c2ncccc12. The van der Waals surface area contributed by atoms with Crippen molar-refractivity contribution in [3.63, 3.8) is 0 Å². The lowest BCUT2D eigenvalue weighted by molar-refractivity contribution is 1.32. The lowest BCUT2D eigenvalue weighted by Gasteiger charge is -2.07. The first-order chi connectivity index (χ1) is 7.36. The molecule has 0 amide bonds. The molecule has 0 saturated heterocycles. The van der Waals surface area contributed by atoms with E-state index >= 15 is 0 Å². The zero-order valence-corrected chi connectivity index (χ0v) is 10.5. The highest BCUT2D eigenvalue weighted by atomic mass is 32.2. The number of pyridine rings is 1. The molecule has 15 heavy (non-hydrogen) atoms. The van der Waals surface area contributed by atoms with E-state index in [-0.39, 0.29) is 0 Å². The molecule has 2 aromatic rings. The van der Waals surface area contributed by atoms with Crippen LogP contribution in [0.2, 0.25) is 0 Å². The van der Waals surface area contributed by atoms with Gasteiger partial charge >= 0.3 is 0 Å². The Balaban J connectivity index is 2.66. The molecule has 0 aliphatic carbocycles. The maximum Gasteiger partial charge on any atom is 0.0848 e. The number of hydrogen-bond acceptors (Lipinski definition) is 3. The van der Waals surface area contributed by atoms with Crippen molar-refractivity contribution in [1.82, 2.24) is 4.98 Å². The molecule has 0 bridgehead atoms. The van der Waals surface area contributed by atoms with Crippen molar-refractivity contribution in [2.45, 2.75) is 16.7 Å². The number of thioether (sulfide) groups is 2. The molecular formula is C12H13NS2. The van der Waals surface area contributed by atoms with Gasteiger partial charge in [0.05, 0.1) is 5.52 Å². The molecule has 0 unspecified atom stereocenters. The topological polar surface area (TPSA) is 12.9 Å². The molecule has 0 aliphatic heterocycles. The number of rotatable bonds is 3. The van der Waals surface area contributed by atoms with E-state index < -0.39 is 0 Å². The second-order valence-corrected chi connectivity index (χ2v) is 5.25. The van der Waals surface area contributed by atoms with E-state index in [1.807, 2.05) is 24.0 Å². The number of hydrogen-bond donors (Lipinski definition) is 0. The summed E-state index contributed by atoms with van der Waals surface area (Å²) in [5.41, 5.74) is 1.13. The Labute approximate surface area is 98.7 Å². The molecule has 0 fully saturated rings. The molecule has 1 aromatic carbocycles. The Kier molecular flexibility index (Phi) is 3.54. The van der Waals surface area contributed by atoms with Crippen LogP contribution >= 0.6 is 23.5 Å². The lowest BCUT2D eigenvalue weighted by atomic mass is 10.2. The van der Waals surface area contributed by atoms with Crippen LogP contribution in [-0.4, -0.2) is 17.0 Å². The Hall–Kier alpha value is -0.670. The second-order valence-electron chi connectivity index (χ2n) is 3.10. The summed E-state index contributed by atoms with van der Waals surface area (Å²) in [5.74, 6) is 1.10. The van der Waals surface area contributed by atoms with Crippen LogP contribution in [0.3, 0.4) is 0 Å². The average molecular weight is 235 g/mol. The summed E-state index contributed by atoms with van der Waals surface area (Å²) in [7, 11) is 0. The van der Waals surface area contributed by atoms with Gasteiger partial charge in [0.1, 0.15) is 0 Å². The molecule has 0 aliphatic rings. The largest absolute Gasteiger partial charge is 0.255 e. The van der Waals surface area contributed by atoms with Gasteiger partial charge in [0, 0.05) is 21.4 Å². The van der Waals surface area contributed by atoms with Crippen molar-refractivity contribution in [3.8, 4) is 0 Å². The number of benzene rings is 1. The first-order valence-electron chi connectivity index (χ1n) is 4.91. The van der Waals surface area contributed by atoms with Crippen molar-refractivity contribution in [2.75, 3.05) is 12.0 Å². The zero-order chi connectivity index (χ0) is 10.7. The van der Waals surface area contributed by atoms with Gasteiger partial charge in [-0.25, -0.2) is 0 Å². The van der Waals surface area contributed by atoms with Crippen molar-refractivity contribution < 1.29 is 0 Å². The zero-order valence-electron chi connectivity index (χ0n) is 8.86. The Morgan fingerprint density at radius 3 is 2.73 bits per heavy atom. The predicted octanol–water partition coefficient (Wildman–Crippen LogP) is 4.07. The van der Waals surface area contributed by atoms with Gasteiger partial charge in [-0.1, -0.05) is 13.0 Å². The van der Waals surface area contributed by atoms with Gasteiger partial charge in [0.2, 0.25) is 0 Å². The molecule has 3 heteroatoms. The molecule has 0 spiro atoms. The number of aromatic nitrogens is 1. The summed E-state index contributed by atoms with van der Waals surface area (Å²) >= 11 is 3.63. The van der Waals surface area contributed by atoms with Gasteiger partial charge in [-0.15, -0.1) is 23.5 Å². The first-order valence-corrected chi connectivity index (χ1v) is 7.12. The smallest absolute Gasteiger partial charge is 0.0848 e. The van der Waals surface area contributed by atoms with Gasteiger partial charge in [-0.3, -0.25) is 4.98 Å². The quantitative estimate of drug-likeness (QED) is 0.744. The maximum absolute atomic E-state index is 4.46. The Morgan fingerprint density at radius 2 is 2.00 bits per heavy atom. The molecule has 0 saturated carbocycles. The third-order valence-electron chi connectivity index (χ3n) is 2.21. The van der Waals surface area contributed by atoms with Crippen LogP contribution in [0.4, 0.5) is 0 Å². The van der Waals surface area contributed by atoms with E-state index in [4.69, 9.17) is 0 Å². The van der Waals surface area contributed by atoms with E-state index in [2.05, 4.69) is 36.4 Å². The molecule has 0 N–H and O–H groups in total. The predicted molar refractivity (Wildman–Crippen MR) is 69.9 cm³/mol. The van der Waals surface area contributed by atoms with Gasteiger partial charge in [0.25, 0.3) is 0 Å². The molecule has 0 atom stereocenters. The van der Waals surface area contributed by atoms with E-state index in [1.165, 1.54) is 15.2 Å². The van der Waals surface area contributed by atoms with Crippen LogP contribution in [0.15, 0.2) is 40.3 Å². The third-order valence-corrected chi connectivity index (χ3v) is 3.94. The van der Waals surface area contributed by atoms with E-state index in [1.54, 1.807) is 11.8 Å². The molecule has 2 rings (SSSR count). The van der Waals surface area contributed by atoms with Crippen molar-refractivity contribution >= 4 is 34.4 Å². The average Bonchev–Trinajstić information content (AvgIpc) is 2.30. The van der Waals surface area contributed by atoms with Crippen LogP contribution in [0.25, 0.3) is 10.9 Å². The monoisotopic (exact) mass is 235 g/mol. The van der Waals surface area contributed by atoms with Crippen LogP contribution < -0.4 is 0 Å². The third kappa shape index (κ3) is 2.13. The molecule has 1 aromatic heterocycles. The normalized spacial score (nSPS) is 10.8. The summed E-state index contributed by atoms with van der Waals surface area (Å²) in [4.78, 5) is 7.05. The van der Waals surface area contributed by atoms with Gasteiger partial charge in [-0.05, 0) is 30.2 Å². The highest BCUT2D eigenvalue weighted by Crippen LogP contribution is 2.32. The summed E-state index contributed by atoms with van der Waals surface area (Å²) in [6.07, 6.45) is 3.96. The highest BCUT2D eigenvalue weighted by molar-refractivity contribution is 7.99. The lowest BCUT2D eigenvalue weighted by Crippen LogP contribution is -1.84. The fraction of sp³-hybridized carbons (Fsp3) is 0.250. The number of nitrogens with zero attached hydrogens (tertiary/aromatic N) is 1. The second kappa shape index (κ2) is 4.90. The molecular weight excluding hydrogens is 222 g/mol. The minimum Gasteiger partial charge on any atom is -0.255 e. The summed E-state index contributed by atoms with van der Waals surface area (Å²) in [6.45, 7) is 2.18. The van der Waals surface area contributed by atoms with Gasteiger partial charge in [-0.2, -0.15) is 0 Å². The molecule has 1 nitrogen and oxygen atoms in total. The Morgan fingerprint density at radius 1 is 1.20 bits per heavy atom.